The number of rotatable bonds is 1. The Morgan fingerprint density at radius 2 is 2.17 bits per heavy atom. The highest BCUT2D eigenvalue weighted by Crippen LogP contribution is 2.35. The molecule has 0 spiro atoms. The highest BCUT2D eigenvalue weighted by atomic mass is 79.9. The molecule has 3 nitrogen and oxygen atoms in total. The third kappa shape index (κ3) is 1.76. The predicted molar refractivity (Wildman–Crippen MR) is 50.0 cm³/mol. The molecule has 0 aliphatic carbocycles. The normalized spacial score (nSPS) is 9.92. The van der Waals surface area contributed by atoms with Crippen LogP contribution in [-0.2, 0) is 0 Å². The van der Waals surface area contributed by atoms with Crippen molar-refractivity contribution in [2.75, 3.05) is 7.05 Å². The molecule has 0 atom stereocenters. The molecule has 0 bridgehead atoms. The summed E-state index contributed by atoms with van der Waals surface area (Å²) < 4.78 is 1.20. The molecule has 0 saturated heterocycles. The van der Waals surface area contributed by atoms with Crippen LogP contribution in [0.4, 0.5) is 5.69 Å². The van der Waals surface area contributed by atoms with Gasteiger partial charge >= 0.3 is 0 Å². The first-order chi connectivity index (χ1) is 5.52. The molecule has 5 heteroatoms. The largest absolute Gasteiger partial charge is 0.501 e. The van der Waals surface area contributed by atoms with Crippen molar-refractivity contribution in [1.82, 2.24) is 0 Å². The van der Waals surface area contributed by atoms with Crippen LogP contribution >= 0.6 is 27.5 Å². The van der Waals surface area contributed by atoms with Crippen LogP contribution in [0.2, 0.25) is 5.02 Å². The minimum atomic E-state index is -0.197. The summed E-state index contributed by atoms with van der Waals surface area (Å²) in [6.07, 6.45) is 0. The molecule has 0 radical (unpaired) electrons. The van der Waals surface area contributed by atoms with Gasteiger partial charge in [-0.05, 0) is 6.07 Å². The molecule has 1 aromatic carbocycles. The van der Waals surface area contributed by atoms with Crippen molar-refractivity contribution in [3.05, 3.63) is 26.5 Å². The van der Waals surface area contributed by atoms with Crippen LogP contribution in [0.5, 0.6) is 5.75 Å². The summed E-state index contributed by atoms with van der Waals surface area (Å²) in [5, 5.41) is 9.45. The molecule has 0 aliphatic heterocycles. The fourth-order valence-electron chi connectivity index (χ4n) is 0.792. The minimum Gasteiger partial charge on any atom is -0.501 e. The van der Waals surface area contributed by atoms with E-state index < -0.39 is 0 Å². The quantitative estimate of drug-likeness (QED) is 0.780. The van der Waals surface area contributed by atoms with E-state index in [1.807, 2.05) is 0 Å². The number of nitrogens with zero attached hydrogens (tertiary/aromatic N) is 1. The number of nitroso groups, excluding NO2 is 1. The minimum absolute atomic E-state index is 0.148. The van der Waals surface area contributed by atoms with Gasteiger partial charge in [-0.3, -0.25) is 0 Å². The monoisotopic (exact) mass is 250 g/mol. The first kappa shape index (κ1) is 9.48. The van der Waals surface area contributed by atoms with E-state index in [0.717, 1.165) is 0 Å². The Balaban J connectivity index is 3.37. The maximum absolute atomic E-state index is 10.8. The summed E-state index contributed by atoms with van der Waals surface area (Å²) in [4.78, 5) is 10.8. The second kappa shape index (κ2) is 3.41. The molecule has 0 saturated carbocycles. The van der Waals surface area contributed by atoms with Crippen molar-refractivity contribution < 1.29 is 9.87 Å². The van der Waals surface area contributed by atoms with Crippen LogP contribution in [0.25, 0.3) is 0 Å². The van der Waals surface area contributed by atoms with Crippen LogP contribution in [-0.4, -0.2) is 16.9 Å². The van der Waals surface area contributed by atoms with Crippen LogP contribution in [0.3, 0.4) is 0 Å². The molecule has 0 aliphatic rings. The summed E-state index contributed by atoms with van der Waals surface area (Å²) in [6.45, 7) is 0. The van der Waals surface area contributed by atoms with Crippen LogP contribution in [0.15, 0.2) is 16.6 Å². The molecule has 1 N–H and O–H groups in total. The second-order valence-electron chi connectivity index (χ2n) is 2.25. The number of aromatic hydroxyl groups is 1. The van der Waals surface area contributed by atoms with Gasteiger partial charge in [0.05, 0.1) is 5.02 Å². The molecule has 0 amide bonds. The second-order valence-corrected chi connectivity index (χ2v) is 3.58. The average Bonchev–Trinajstić information content (AvgIpc) is 1.96. The Kier molecular flexibility index (Phi) is 2.69. The van der Waals surface area contributed by atoms with E-state index in [4.69, 9.17) is 11.6 Å². The lowest BCUT2D eigenvalue weighted by atomic mass is 10.3. The van der Waals surface area contributed by atoms with E-state index in [-0.39, 0.29) is 16.5 Å². The molecule has 0 fully saturated rings. The highest BCUT2D eigenvalue weighted by molar-refractivity contribution is 9.10. The molecule has 12 heavy (non-hydrogen) atoms. The third-order valence-electron chi connectivity index (χ3n) is 1.35. The van der Waals surface area contributed by atoms with Gasteiger partial charge in [-0.25, -0.2) is 0 Å². The van der Waals surface area contributed by atoms with Gasteiger partial charge < -0.3 is 5.11 Å². The maximum Gasteiger partial charge on any atom is 0.299 e. The summed E-state index contributed by atoms with van der Waals surface area (Å²) >= 11 is 8.77. The first-order valence-corrected chi connectivity index (χ1v) is 4.28. The predicted octanol–water partition coefficient (Wildman–Crippen LogP) is 2.85. The van der Waals surface area contributed by atoms with Gasteiger partial charge in [0.2, 0.25) is 5.75 Å². The Labute approximate surface area is 82.7 Å². The molecule has 1 rings (SSSR count). The van der Waals surface area contributed by atoms with Gasteiger partial charge in [0, 0.05) is 20.2 Å². The topological polar surface area (TPSA) is 40.3 Å². The third-order valence-corrected chi connectivity index (χ3v) is 2.09. The number of hydrogen-bond donors (Lipinski definition) is 1. The smallest absolute Gasteiger partial charge is 0.299 e. The van der Waals surface area contributed by atoms with Gasteiger partial charge in [-0.15, -0.1) is 0 Å². The molecular formula is C7H6BrClNO2+. The number of benzene rings is 1. The van der Waals surface area contributed by atoms with Crippen molar-refractivity contribution in [2.45, 2.75) is 0 Å². The Morgan fingerprint density at radius 1 is 1.58 bits per heavy atom. The molecule has 0 heterocycles. The zero-order chi connectivity index (χ0) is 9.30. The standard InChI is InChI=1S/C7H5BrClNO2/c1-10(12)6-3-4(8)2-5(9)7(6)11/h2-3H,1H3/p+1. The maximum atomic E-state index is 10.8. The van der Waals surface area contributed by atoms with E-state index in [1.54, 1.807) is 0 Å². The molecule has 1 aromatic rings. The molecule has 64 valence electrons. The highest BCUT2D eigenvalue weighted by Gasteiger charge is 2.17. The van der Waals surface area contributed by atoms with Gasteiger partial charge in [-0.1, -0.05) is 27.5 Å². The van der Waals surface area contributed by atoms with Crippen molar-refractivity contribution >= 4 is 33.2 Å². The molecule has 0 unspecified atom stereocenters. The van der Waals surface area contributed by atoms with Gasteiger partial charge in [0.25, 0.3) is 5.69 Å². The van der Waals surface area contributed by atoms with Crippen molar-refractivity contribution in [3.8, 4) is 5.75 Å². The van der Waals surface area contributed by atoms with Gasteiger partial charge in [-0.2, -0.15) is 0 Å². The lowest BCUT2D eigenvalue weighted by Gasteiger charge is -1.97. The van der Waals surface area contributed by atoms with Crippen LogP contribution in [0.1, 0.15) is 0 Å². The van der Waals surface area contributed by atoms with E-state index in [0.29, 0.717) is 9.23 Å². The number of hydrogen-bond acceptors (Lipinski definition) is 2. The average molecular weight is 251 g/mol. The number of halogens is 2. The van der Waals surface area contributed by atoms with Gasteiger partial charge in [0.15, 0.2) is 7.05 Å². The Morgan fingerprint density at radius 3 is 2.67 bits per heavy atom. The SMILES string of the molecule is C[N+](=O)c1cc(Br)cc(Cl)c1O. The van der Waals surface area contributed by atoms with E-state index in [9.17, 15) is 10.0 Å². The summed E-state index contributed by atoms with van der Waals surface area (Å²) in [6, 6.07) is 3.01. The zero-order valence-electron chi connectivity index (χ0n) is 6.21. The summed E-state index contributed by atoms with van der Waals surface area (Å²) in [5.41, 5.74) is 0.148. The lowest BCUT2D eigenvalue weighted by Crippen LogP contribution is -1.91. The Bertz CT molecular complexity index is 340. The van der Waals surface area contributed by atoms with Crippen molar-refractivity contribution in [3.63, 3.8) is 0 Å². The summed E-state index contributed by atoms with van der Waals surface area (Å²) in [5.74, 6) is -0.197. The van der Waals surface area contributed by atoms with Crippen molar-refractivity contribution in [2.24, 2.45) is 0 Å². The number of phenolic OH excluding ortho intramolecular Hbond substituents is 1. The molecule has 0 aromatic heterocycles. The molecular weight excluding hydrogens is 245 g/mol. The van der Waals surface area contributed by atoms with E-state index in [1.165, 1.54) is 19.2 Å². The van der Waals surface area contributed by atoms with E-state index >= 15 is 0 Å². The Hall–Kier alpha value is -0.610. The number of phenols is 1. The lowest BCUT2D eigenvalue weighted by molar-refractivity contribution is -0.429. The fourth-order valence-corrected chi connectivity index (χ4v) is 1.58. The van der Waals surface area contributed by atoms with Crippen LogP contribution < -0.4 is 0 Å². The van der Waals surface area contributed by atoms with Crippen molar-refractivity contribution in [1.29, 1.82) is 0 Å². The van der Waals surface area contributed by atoms with Gasteiger partial charge in [0.1, 0.15) is 0 Å². The van der Waals surface area contributed by atoms with E-state index in [2.05, 4.69) is 15.9 Å². The fraction of sp³-hybridized carbons (Fsp3) is 0.143. The first-order valence-electron chi connectivity index (χ1n) is 3.11. The van der Waals surface area contributed by atoms with Crippen LogP contribution in [0, 0.1) is 4.91 Å². The summed E-state index contributed by atoms with van der Waals surface area (Å²) in [7, 11) is 1.29. The zero-order valence-corrected chi connectivity index (χ0v) is 8.56.